The van der Waals surface area contributed by atoms with Gasteiger partial charge in [0.1, 0.15) is 23.6 Å². The number of anilines is 1. The van der Waals surface area contributed by atoms with Crippen LogP contribution >= 0.6 is 0 Å². The average molecular weight is 490 g/mol. The summed E-state index contributed by atoms with van der Waals surface area (Å²) in [5.41, 5.74) is 2.57. The van der Waals surface area contributed by atoms with Crippen LogP contribution in [0.4, 0.5) is 5.82 Å². The quantitative estimate of drug-likeness (QED) is 0.417. The van der Waals surface area contributed by atoms with Crippen molar-refractivity contribution in [2.75, 3.05) is 17.9 Å². The first-order valence-corrected chi connectivity index (χ1v) is 12.9. The molecule has 4 aromatic rings. The molecular weight excluding hydrogens is 466 g/mol. The Morgan fingerprint density at radius 3 is 2.46 bits per heavy atom. The van der Waals surface area contributed by atoms with Crippen LogP contribution in [0.1, 0.15) is 30.2 Å². The number of nitrogens with zero attached hydrogens (tertiary/aromatic N) is 5. The maximum Gasteiger partial charge on any atom is 0.265 e. The van der Waals surface area contributed by atoms with Crippen molar-refractivity contribution in [3.8, 4) is 28.4 Å². The summed E-state index contributed by atoms with van der Waals surface area (Å²) in [4.78, 5) is 19.8. The molecule has 35 heavy (non-hydrogen) atoms. The van der Waals surface area contributed by atoms with Gasteiger partial charge in [0.05, 0.1) is 10.5 Å². The molecule has 178 valence electrons. The number of carbonyl (C=O) groups is 1. The van der Waals surface area contributed by atoms with Crippen molar-refractivity contribution in [2.24, 2.45) is 0 Å². The highest BCUT2D eigenvalue weighted by atomic mass is 32.2. The van der Waals surface area contributed by atoms with E-state index in [-0.39, 0.29) is 23.6 Å². The van der Waals surface area contributed by atoms with Gasteiger partial charge in [0.15, 0.2) is 22.4 Å². The molecule has 1 aliphatic rings. The molecule has 0 spiro atoms. The Bertz CT molecular complexity index is 1530. The van der Waals surface area contributed by atoms with E-state index in [1.54, 1.807) is 48.8 Å². The molecule has 2 aromatic carbocycles. The van der Waals surface area contributed by atoms with Crippen molar-refractivity contribution < 1.29 is 17.9 Å². The lowest BCUT2D eigenvalue weighted by molar-refractivity contribution is 0.0936. The van der Waals surface area contributed by atoms with Gasteiger partial charge in [-0.3, -0.25) is 9.69 Å². The second-order valence-corrected chi connectivity index (χ2v) is 10.6. The van der Waals surface area contributed by atoms with Gasteiger partial charge in [0.2, 0.25) is 0 Å². The van der Waals surface area contributed by atoms with Crippen LogP contribution in [0.15, 0.2) is 71.9 Å². The van der Waals surface area contributed by atoms with Gasteiger partial charge in [-0.05, 0) is 61.4 Å². The molecule has 0 bridgehead atoms. The van der Waals surface area contributed by atoms with Gasteiger partial charge >= 0.3 is 0 Å². The summed E-state index contributed by atoms with van der Waals surface area (Å²) < 4.78 is 31.3. The molecule has 0 saturated carbocycles. The molecule has 0 fully saturated rings. The van der Waals surface area contributed by atoms with Crippen LogP contribution in [-0.4, -0.2) is 47.1 Å². The van der Waals surface area contributed by atoms with Crippen LogP contribution in [0.5, 0.6) is 5.75 Å². The van der Waals surface area contributed by atoms with Gasteiger partial charge in [-0.2, -0.15) is 0 Å². The fourth-order valence-electron chi connectivity index (χ4n) is 3.91. The molecule has 1 amide bonds. The second kappa shape index (κ2) is 8.62. The minimum atomic E-state index is -3.29. The van der Waals surface area contributed by atoms with Crippen LogP contribution < -0.4 is 9.64 Å². The minimum Gasteiger partial charge on any atom is -0.472 e. The van der Waals surface area contributed by atoms with E-state index in [2.05, 4.69) is 15.2 Å². The van der Waals surface area contributed by atoms with Crippen molar-refractivity contribution in [1.82, 2.24) is 19.7 Å². The molecule has 0 unspecified atom stereocenters. The van der Waals surface area contributed by atoms with Crippen LogP contribution in [-0.2, 0) is 9.84 Å². The number of hydrogen-bond acceptors (Lipinski definition) is 7. The average Bonchev–Trinajstić information content (AvgIpc) is 3.34. The summed E-state index contributed by atoms with van der Waals surface area (Å²) in [7, 11) is -3.29. The van der Waals surface area contributed by atoms with E-state index in [9.17, 15) is 13.2 Å². The molecule has 0 radical (unpaired) electrons. The SMILES string of the molecule is CC(C)n1cnnc1-c1cccc(N2COc3ccc(-c4ccc(S(C)(=O)=O)cc4)cc3C2=O)n1. The number of carbonyl (C=O) groups excluding carboxylic acids is 1. The summed E-state index contributed by atoms with van der Waals surface area (Å²) in [6, 6.07) is 17.4. The molecule has 2 aromatic heterocycles. The van der Waals surface area contributed by atoms with Crippen molar-refractivity contribution in [1.29, 1.82) is 0 Å². The third-order valence-corrected chi connectivity index (χ3v) is 6.92. The highest BCUT2D eigenvalue weighted by Crippen LogP contribution is 2.33. The van der Waals surface area contributed by atoms with E-state index in [0.29, 0.717) is 28.6 Å². The van der Waals surface area contributed by atoms with Crippen LogP contribution in [0.2, 0.25) is 0 Å². The lowest BCUT2D eigenvalue weighted by atomic mass is 10.0. The first kappa shape index (κ1) is 22.7. The Hall–Kier alpha value is -4.05. The number of benzene rings is 2. The van der Waals surface area contributed by atoms with Crippen molar-refractivity contribution in [3.05, 3.63) is 72.6 Å². The maximum absolute atomic E-state index is 13.5. The summed E-state index contributed by atoms with van der Waals surface area (Å²) in [5, 5.41) is 8.19. The first-order valence-electron chi connectivity index (χ1n) is 11.0. The summed E-state index contributed by atoms with van der Waals surface area (Å²) in [5.74, 6) is 1.31. The molecule has 0 saturated heterocycles. The third kappa shape index (κ3) is 4.28. The molecule has 0 N–H and O–H groups in total. The van der Waals surface area contributed by atoms with Gasteiger partial charge in [-0.25, -0.2) is 13.4 Å². The Labute approximate surface area is 202 Å². The smallest absolute Gasteiger partial charge is 0.265 e. The number of sulfone groups is 1. The van der Waals surface area contributed by atoms with Crippen molar-refractivity contribution in [3.63, 3.8) is 0 Å². The van der Waals surface area contributed by atoms with Crippen LogP contribution in [0.25, 0.3) is 22.6 Å². The van der Waals surface area contributed by atoms with Gasteiger partial charge in [0.25, 0.3) is 5.91 Å². The predicted octanol–water partition coefficient (Wildman–Crippen LogP) is 3.99. The Kier molecular flexibility index (Phi) is 5.60. The topological polar surface area (TPSA) is 107 Å². The van der Waals surface area contributed by atoms with Gasteiger partial charge in [-0.1, -0.05) is 24.3 Å². The van der Waals surface area contributed by atoms with E-state index >= 15 is 0 Å². The number of hydrogen-bond donors (Lipinski definition) is 0. The minimum absolute atomic E-state index is 0.0293. The lowest BCUT2D eigenvalue weighted by Gasteiger charge is -2.28. The van der Waals surface area contributed by atoms with Crippen LogP contribution in [0.3, 0.4) is 0 Å². The van der Waals surface area contributed by atoms with Crippen molar-refractivity contribution in [2.45, 2.75) is 24.8 Å². The summed E-state index contributed by atoms with van der Waals surface area (Å²) in [6.45, 7) is 4.09. The Morgan fingerprint density at radius 1 is 1.00 bits per heavy atom. The molecular formula is C25H23N5O4S. The van der Waals surface area contributed by atoms with Crippen LogP contribution in [0, 0.1) is 0 Å². The molecule has 5 rings (SSSR count). The van der Waals surface area contributed by atoms with Crippen molar-refractivity contribution >= 4 is 21.6 Å². The van der Waals surface area contributed by atoms with E-state index < -0.39 is 9.84 Å². The standard InChI is InChI=1S/C25H23N5O4S/c1-16(2)29-14-26-28-24(29)21-5-4-6-23(27-21)30-15-34-22-12-9-18(13-20(22)25(30)31)17-7-10-19(11-8-17)35(3,32)33/h4-14,16H,15H2,1-3H3. The highest BCUT2D eigenvalue weighted by molar-refractivity contribution is 7.90. The molecule has 10 heteroatoms. The largest absolute Gasteiger partial charge is 0.472 e. The molecule has 0 aliphatic carbocycles. The summed E-state index contributed by atoms with van der Waals surface area (Å²) in [6.07, 6.45) is 2.82. The highest BCUT2D eigenvalue weighted by Gasteiger charge is 2.28. The fourth-order valence-corrected chi connectivity index (χ4v) is 4.54. The lowest BCUT2D eigenvalue weighted by Crippen LogP contribution is -2.39. The zero-order valence-corrected chi connectivity index (χ0v) is 20.2. The number of pyridine rings is 1. The monoisotopic (exact) mass is 489 g/mol. The van der Waals surface area contributed by atoms with Gasteiger partial charge in [0, 0.05) is 12.3 Å². The number of ether oxygens (including phenoxy) is 1. The number of amides is 1. The Morgan fingerprint density at radius 2 is 1.74 bits per heavy atom. The zero-order valence-electron chi connectivity index (χ0n) is 19.4. The van der Waals surface area contributed by atoms with Gasteiger partial charge in [-0.15, -0.1) is 10.2 Å². The fraction of sp³-hybridized carbons (Fsp3) is 0.200. The van der Waals surface area contributed by atoms with Gasteiger partial charge < -0.3 is 9.30 Å². The molecule has 0 atom stereocenters. The Balaban J connectivity index is 1.47. The molecule has 3 heterocycles. The molecule has 1 aliphatic heterocycles. The van der Waals surface area contributed by atoms with E-state index in [1.807, 2.05) is 36.6 Å². The normalized spacial score (nSPS) is 13.6. The molecule has 9 nitrogen and oxygen atoms in total. The third-order valence-electron chi connectivity index (χ3n) is 5.79. The first-order chi connectivity index (χ1) is 16.7. The summed E-state index contributed by atoms with van der Waals surface area (Å²) >= 11 is 0. The predicted molar refractivity (Wildman–Crippen MR) is 131 cm³/mol. The zero-order chi connectivity index (χ0) is 24.7. The number of aromatic nitrogens is 4. The maximum atomic E-state index is 13.5. The number of rotatable bonds is 5. The van der Waals surface area contributed by atoms with E-state index in [4.69, 9.17) is 4.74 Å². The van der Waals surface area contributed by atoms with E-state index in [1.165, 1.54) is 11.2 Å². The van der Waals surface area contributed by atoms with E-state index in [0.717, 1.165) is 11.1 Å². The number of fused-ring (bicyclic) bond motifs is 1. The second-order valence-electron chi connectivity index (χ2n) is 8.55.